The van der Waals surface area contributed by atoms with Crippen molar-refractivity contribution in [3.63, 3.8) is 0 Å². The topological polar surface area (TPSA) is 63.2 Å². The molecule has 1 N–H and O–H groups in total. The molecule has 76 valence electrons. The molecule has 0 aliphatic carbocycles. The lowest BCUT2D eigenvalue weighted by molar-refractivity contribution is 0.112. The van der Waals surface area contributed by atoms with Crippen LogP contribution in [-0.2, 0) is 10.0 Å². The SMILES string of the molecule is CCNS(=O)(=O)c1cccc(C=O)c1. The van der Waals surface area contributed by atoms with Gasteiger partial charge >= 0.3 is 0 Å². The zero-order valence-corrected chi connectivity index (χ0v) is 8.54. The fraction of sp³-hybridized carbons (Fsp3) is 0.222. The minimum Gasteiger partial charge on any atom is -0.298 e. The molecule has 0 saturated carbocycles. The van der Waals surface area contributed by atoms with Crippen molar-refractivity contribution in [2.45, 2.75) is 11.8 Å². The number of aldehydes is 1. The van der Waals surface area contributed by atoms with Gasteiger partial charge in [-0.2, -0.15) is 0 Å². The first kappa shape index (κ1) is 10.9. The fourth-order valence-corrected chi connectivity index (χ4v) is 2.12. The molecular weight excluding hydrogens is 202 g/mol. The van der Waals surface area contributed by atoms with Gasteiger partial charge in [0.1, 0.15) is 6.29 Å². The van der Waals surface area contributed by atoms with Gasteiger partial charge in [0.05, 0.1) is 4.90 Å². The Labute approximate surface area is 83.0 Å². The lowest BCUT2D eigenvalue weighted by Crippen LogP contribution is -2.23. The van der Waals surface area contributed by atoms with Crippen LogP contribution < -0.4 is 4.72 Å². The lowest BCUT2D eigenvalue weighted by atomic mass is 10.2. The van der Waals surface area contributed by atoms with Crippen LogP contribution in [0.2, 0.25) is 0 Å². The van der Waals surface area contributed by atoms with Crippen molar-refractivity contribution in [1.82, 2.24) is 4.72 Å². The van der Waals surface area contributed by atoms with Crippen molar-refractivity contribution in [3.8, 4) is 0 Å². The van der Waals surface area contributed by atoms with Gasteiger partial charge in [-0.05, 0) is 12.1 Å². The summed E-state index contributed by atoms with van der Waals surface area (Å²) in [6.45, 7) is 2.02. The van der Waals surface area contributed by atoms with Gasteiger partial charge in [0.2, 0.25) is 10.0 Å². The first-order chi connectivity index (χ1) is 6.60. The van der Waals surface area contributed by atoms with E-state index in [-0.39, 0.29) is 4.90 Å². The van der Waals surface area contributed by atoms with Crippen LogP contribution in [0.25, 0.3) is 0 Å². The molecule has 0 amide bonds. The molecule has 1 aromatic carbocycles. The van der Waals surface area contributed by atoms with Gasteiger partial charge in [-0.1, -0.05) is 19.1 Å². The minimum absolute atomic E-state index is 0.115. The summed E-state index contributed by atoms with van der Waals surface area (Å²) in [5.41, 5.74) is 0.351. The second-order valence-corrected chi connectivity index (χ2v) is 4.46. The molecule has 14 heavy (non-hydrogen) atoms. The van der Waals surface area contributed by atoms with E-state index in [1.807, 2.05) is 0 Å². The van der Waals surface area contributed by atoms with Gasteiger partial charge in [-0.3, -0.25) is 4.79 Å². The maximum atomic E-state index is 11.5. The van der Waals surface area contributed by atoms with E-state index in [0.29, 0.717) is 18.4 Å². The van der Waals surface area contributed by atoms with Crippen LogP contribution in [0.5, 0.6) is 0 Å². The second kappa shape index (κ2) is 4.34. The van der Waals surface area contributed by atoms with Crippen molar-refractivity contribution in [2.24, 2.45) is 0 Å². The Balaban J connectivity index is 3.13. The third kappa shape index (κ3) is 2.40. The van der Waals surface area contributed by atoms with E-state index in [1.54, 1.807) is 13.0 Å². The molecule has 0 fully saturated rings. The molecule has 0 bridgehead atoms. The normalized spacial score (nSPS) is 11.2. The van der Waals surface area contributed by atoms with Crippen LogP contribution >= 0.6 is 0 Å². The predicted molar refractivity (Wildman–Crippen MR) is 52.7 cm³/mol. The Morgan fingerprint density at radius 3 is 2.71 bits per heavy atom. The molecule has 0 aliphatic rings. The molecule has 1 aromatic rings. The number of hydrogen-bond acceptors (Lipinski definition) is 3. The Kier molecular flexibility index (Phi) is 3.38. The van der Waals surface area contributed by atoms with Crippen LogP contribution in [-0.4, -0.2) is 21.2 Å². The molecule has 0 spiro atoms. The van der Waals surface area contributed by atoms with Crippen molar-refractivity contribution in [3.05, 3.63) is 29.8 Å². The summed E-state index contributed by atoms with van der Waals surface area (Å²) < 4.78 is 25.3. The fourth-order valence-electron chi connectivity index (χ4n) is 1.03. The zero-order valence-electron chi connectivity index (χ0n) is 7.73. The highest BCUT2D eigenvalue weighted by Crippen LogP contribution is 2.09. The molecule has 0 radical (unpaired) electrons. The van der Waals surface area contributed by atoms with Crippen LogP contribution in [0.1, 0.15) is 17.3 Å². The van der Waals surface area contributed by atoms with E-state index < -0.39 is 10.0 Å². The largest absolute Gasteiger partial charge is 0.298 e. The van der Waals surface area contributed by atoms with Gasteiger partial charge in [-0.15, -0.1) is 0 Å². The van der Waals surface area contributed by atoms with Gasteiger partial charge < -0.3 is 0 Å². The maximum absolute atomic E-state index is 11.5. The highest BCUT2D eigenvalue weighted by Gasteiger charge is 2.11. The minimum atomic E-state index is -3.45. The first-order valence-electron chi connectivity index (χ1n) is 4.15. The van der Waals surface area contributed by atoms with E-state index in [9.17, 15) is 13.2 Å². The molecule has 0 atom stereocenters. The molecular formula is C9H11NO3S. The molecule has 0 unspecified atom stereocenters. The molecule has 0 aliphatic heterocycles. The average molecular weight is 213 g/mol. The van der Waals surface area contributed by atoms with Gasteiger partial charge in [0.15, 0.2) is 0 Å². The van der Waals surface area contributed by atoms with E-state index in [1.165, 1.54) is 18.2 Å². The van der Waals surface area contributed by atoms with Crippen molar-refractivity contribution < 1.29 is 13.2 Å². The number of sulfonamides is 1. The highest BCUT2D eigenvalue weighted by molar-refractivity contribution is 7.89. The Hall–Kier alpha value is -1.20. The van der Waals surface area contributed by atoms with Gasteiger partial charge in [0, 0.05) is 12.1 Å². The number of carbonyl (C=O) groups is 1. The Morgan fingerprint density at radius 1 is 1.43 bits per heavy atom. The molecule has 0 saturated heterocycles. The molecule has 4 nitrogen and oxygen atoms in total. The standard InChI is InChI=1S/C9H11NO3S/c1-2-10-14(12,13)9-5-3-4-8(6-9)7-11/h3-7,10H,2H2,1H3. The van der Waals surface area contributed by atoms with E-state index in [2.05, 4.69) is 4.72 Å². The predicted octanol–water partition coefficient (Wildman–Crippen LogP) is 0.797. The third-order valence-corrected chi connectivity index (χ3v) is 3.18. The Morgan fingerprint density at radius 2 is 2.14 bits per heavy atom. The van der Waals surface area contributed by atoms with Crippen LogP contribution in [0, 0.1) is 0 Å². The smallest absolute Gasteiger partial charge is 0.240 e. The monoisotopic (exact) mass is 213 g/mol. The van der Waals surface area contributed by atoms with Crippen LogP contribution in [0.3, 0.4) is 0 Å². The summed E-state index contributed by atoms with van der Waals surface area (Å²) in [5, 5.41) is 0. The third-order valence-electron chi connectivity index (χ3n) is 1.64. The maximum Gasteiger partial charge on any atom is 0.240 e. The molecule has 0 aromatic heterocycles. The summed E-state index contributed by atoms with van der Waals surface area (Å²) in [6.07, 6.45) is 0.616. The van der Waals surface area contributed by atoms with E-state index in [0.717, 1.165) is 0 Å². The van der Waals surface area contributed by atoms with Crippen molar-refractivity contribution in [2.75, 3.05) is 6.54 Å². The quantitative estimate of drug-likeness (QED) is 0.752. The van der Waals surface area contributed by atoms with Crippen molar-refractivity contribution >= 4 is 16.3 Å². The van der Waals surface area contributed by atoms with E-state index in [4.69, 9.17) is 0 Å². The highest BCUT2D eigenvalue weighted by atomic mass is 32.2. The van der Waals surface area contributed by atoms with Gasteiger partial charge in [-0.25, -0.2) is 13.1 Å². The number of benzene rings is 1. The summed E-state index contributed by atoms with van der Waals surface area (Å²) >= 11 is 0. The first-order valence-corrected chi connectivity index (χ1v) is 5.63. The van der Waals surface area contributed by atoms with Gasteiger partial charge in [0.25, 0.3) is 0 Å². The lowest BCUT2D eigenvalue weighted by Gasteiger charge is -2.03. The molecule has 5 heteroatoms. The second-order valence-electron chi connectivity index (χ2n) is 2.69. The number of carbonyl (C=O) groups excluding carboxylic acids is 1. The average Bonchev–Trinajstić information content (AvgIpc) is 2.18. The number of hydrogen-bond donors (Lipinski definition) is 1. The summed E-state index contributed by atoms with van der Waals surface area (Å²) in [7, 11) is -3.45. The van der Waals surface area contributed by atoms with Crippen molar-refractivity contribution in [1.29, 1.82) is 0 Å². The summed E-state index contributed by atoms with van der Waals surface area (Å²) in [6, 6.07) is 5.88. The molecule has 0 heterocycles. The van der Waals surface area contributed by atoms with Crippen LogP contribution in [0.15, 0.2) is 29.2 Å². The number of nitrogens with one attached hydrogen (secondary N) is 1. The summed E-state index contributed by atoms with van der Waals surface area (Å²) in [5.74, 6) is 0. The van der Waals surface area contributed by atoms with Crippen LogP contribution in [0.4, 0.5) is 0 Å². The summed E-state index contributed by atoms with van der Waals surface area (Å²) in [4.78, 5) is 10.5. The zero-order chi connectivity index (χ0) is 10.6. The van der Waals surface area contributed by atoms with E-state index >= 15 is 0 Å². The molecule has 1 rings (SSSR count). The number of rotatable bonds is 4. The Bertz CT molecular complexity index is 425.